The molecule has 3 unspecified atom stereocenters. The van der Waals surface area contributed by atoms with Gasteiger partial charge in [-0.15, -0.1) is 0 Å². The lowest BCUT2D eigenvalue weighted by Crippen LogP contribution is -2.37. The van der Waals surface area contributed by atoms with Crippen LogP contribution < -0.4 is 5.32 Å². The van der Waals surface area contributed by atoms with E-state index in [0.717, 1.165) is 43.1 Å². The highest BCUT2D eigenvalue weighted by atomic mass is 35.5. The van der Waals surface area contributed by atoms with E-state index < -0.39 is 0 Å². The SMILES string of the molecule is CC(CC(=O)N1CCCC1c1ccccc1Cl)C1CCCNC1. The van der Waals surface area contributed by atoms with Crippen molar-refractivity contribution < 1.29 is 4.79 Å². The highest BCUT2D eigenvalue weighted by Crippen LogP contribution is 2.36. The van der Waals surface area contributed by atoms with E-state index in [0.29, 0.717) is 24.2 Å². The van der Waals surface area contributed by atoms with Crippen LogP contribution in [0.5, 0.6) is 0 Å². The van der Waals surface area contributed by atoms with E-state index in [1.54, 1.807) is 0 Å². The Morgan fingerprint density at radius 3 is 2.91 bits per heavy atom. The number of carbonyl (C=O) groups is 1. The van der Waals surface area contributed by atoms with Gasteiger partial charge in [-0.25, -0.2) is 0 Å². The maximum Gasteiger partial charge on any atom is 0.223 e. The Morgan fingerprint density at radius 2 is 2.17 bits per heavy atom. The molecule has 23 heavy (non-hydrogen) atoms. The maximum atomic E-state index is 12.9. The number of likely N-dealkylation sites (tertiary alicyclic amines) is 1. The molecule has 0 bridgehead atoms. The lowest BCUT2D eigenvalue weighted by Gasteiger charge is -2.31. The van der Waals surface area contributed by atoms with Gasteiger partial charge in [0.15, 0.2) is 0 Å². The first-order chi connectivity index (χ1) is 11.2. The highest BCUT2D eigenvalue weighted by molar-refractivity contribution is 6.31. The second kappa shape index (κ2) is 7.67. The molecule has 2 aliphatic rings. The molecule has 0 spiro atoms. The monoisotopic (exact) mass is 334 g/mol. The van der Waals surface area contributed by atoms with E-state index in [4.69, 9.17) is 11.6 Å². The molecule has 4 heteroatoms. The summed E-state index contributed by atoms with van der Waals surface area (Å²) in [6.45, 7) is 5.28. The Hall–Kier alpha value is -1.06. The number of benzene rings is 1. The number of halogens is 1. The van der Waals surface area contributed by atoms with Gasteiger partial charge in [-0.3, -0.25) is 4.79 Å². The van der Waals surface area contributed by atoms with Crippen molar-refractivity contribution in [2.24, 2.45) is 11.8 Å². The van der Waals surface area contributed by atoms with Crippen LogP contribution >= 0.6 is 11.6 Å². The largest absolute Gasteiger partial charge is 0.336 e. The summed E-state index contributed by atoms with van der Waals surface area (Å²) in [6, 6.07) is 8.11. The van der Waals surface area contributed by atoms with E-state index in [-0.39, 0.29) is 6.04 Å². The van der Waals surface area contributed by atoms with Crippen LogP contribution in [0.2, 0.25) is 5.02 Å². The van der Waals surface area contributed by atoms with Gasteiger partial charge in [0.2, 0.25) is 5.91 Å². The molecular formula is C19H27ClN2O. The van der Waals surface area contributed by atoms with Gasteiger partial charge in [-0.05, 0) is 62.2 Å². The molecule has 2 heterocycles. The average Bonchev–Trinajstić information content (AvgIpc) is 3.05. The molecular weight excluding hydrogens is 308 g/mol. The number of rotatable bonds is 4. The molecule has 2 saturated heterocycles. The minimum absolute atomic E-state index is 0.160. The molecule has 0 saturated carbocycles. The van der Waals surface area contributed by atoms with Crippen LogP contribution in [0.1, 0.15) is 50.6 Å². The second-order valence-corrected chi connectivity index (χ2v) is 7.46. The van der Waals surface area contributed by atoms with Crippen LogP contribution in [0.3, 0.4) is 0 Å². The number of carbonyl (C=O) groups excluding carboxylic acids is 1. The zero-order chi connectivity index (χ0) is 16.2. The maximum absolute atomic E-state index is 12.9. The van der Waals surface area contributed by atoms with E-state index in [2.05, 4.69) is 23.2 Å². The molecule has 1 aromatic carbocycles. The molecule has 3 rings (SSSR count). The summed E-state index contributed by atoms with van der Waals surface area (Å²) in [6.07, 6.45) is 5.23. The van der Waals surface area contributed by atoms with Gasteiger partial charge >= 0.3 is 0 Å². The van der Waals surface area contributed by atoms with Crippen LogP contribution in [-0.4, -0.2) is 30.4 Å². The van der Waals surface area contributed by atoms with Crippen LogP contribution in [0.4, 0.5) is 0 Å². The smallest absolute Gasteiger partial charge is 0.223 e. The molecule has 3 nitrogen and oxygen atoms in total. The van der Waals surface area contributed by atoms with Gasteiger partial charge in [-0.2, -0.15) is 0 Å². The molecule has 0 radical (unpaired) electrons. The van der Waals surface area contributed by atoms with Crippen molar-refractivity contribution >= 4 is 17.5 Å². The molecule has 1 amide bonds. The van der Waals surface area contributed by atoms with E-state index in [9.17, 15) is 4.79 Å². The number of piperidine rings is 1. The van der Waals surface area contributed by atoms with Crippen molar-refractivity contribution in [2.75, 3.05) is 19.6 Å². The fourth-order valence-corrected chi connectivity index (χ4v) is 4.32. The van der Waals surface area contributed by atoms with Crippen LogP contribution in [0.25, 0.3) is 0 Å². The first-order valence-corrected chi connectivity index (χ1v) is 9.29. The van der Waals surface area contributed by atoms with Crippen LogP contribution in [0, 0.1) is 11.8 Å². The van der Waals surface area contributed by atoms with Crippen molar-refractivity contribution in [1.29, 1.82) is 0 Å². The summed E-state index contributed by atoms with van der Waals surface area (Å²) in [4.78, 5) is 14.9. The fraction of sp³-hybridized carbons (Fsp3) is 0.632. The summed E-state index contributed by atoms with van der Waals surface area (Å²) >= 11 is 6.36. The quantitative estimate of drug-likeness (QED) is 0.901. The Morgan fingerprint density at radius 1 is 1.35 bits per heavy atom. The highest BCUT2D eigenvalue weighted by Gasteiger charge is 2.32. The summed E-state index contributed by atoms with van der Waals surface area (Å²) in [5, 5.41) is 4.24. The number of nitrogens with one attached hydrogen (secondary N) is 1. The Kier molecular flexibility index (Phi) is 5.60. The van der Waals surface area contributed by atoms with E-state index in [1.807, 2.05) is 18.2 Å². The van der Waals surface area contributed by atoms with Crippen LogP contribution in [0.15, 0.2) is 24.3 Å². The molecule has 1 aromatic rings. The number of nitrogens with zero attached hydrogens (tertiary/aromatic N) is 1. The zero-order valence-corrected chi connectivity index (χ0v) is 14.7. The average molecular weight is 335 g/mol. The van der Waals surface area contributed by atoms with Crippen LogP contribution in [-0.2, 0) is 4.79 Å². The third-order valence-corrected chi connectivity index (χ3v) is 5.82. The normalized spacial score (nSPS) is 26.3. The standard InChI is InChI=1S/C19H27ClN2O/c1-14(15-6-4-10-21-13-15)12-19(23)22-11-5-9-18(22)16-7-2-3-8-17(16)20/h2-3,7-8,14-15,18,21H,4-6,9-13H2,1H3. The van der Waals surface area contributed by atoms with E-state index >= 15 is 0 Å². The first-order valence-electron chi connectivity index (χ1n) is 8.91. The predicted molar refractivity (Wildman–Crippen MR) is 94.5 cm³/mol. The first kappa shape index (κ1) is 16.8. The molecule has 126 valence electrons. The minimum Gasteiger partial charge on any atom is -0.336 e. The third-order valence-electron chi connectivity index (χ3n) is 5.47. The number of hydrogen-bond donors (Lipinski definition) is 1. The molecule has 2 aliphatic heterocycles. The Bertz CT molecular complexity index is 542. The number of amides is 1. The molecule has 3 atom stereocenters. The Labute approximate surface area is 144 Å². The lowest BCUT2D eigenvalue weighted by atomic mass is 9.85. The van der Waals surface area contributed by atoms with E-state index in [1.165, 1.54) is 12.8 Å². The van der Waals surface area contributed by atoms with Gasteiger partial charge in [0, 0.05) is 18.0 Å². The molecule has 0 aromatic heterocycles. The van der Waals surface area contributed by atoms with Gasteiger partial charge in [0.25, 0.3) is 0 Å². The Balaban J connectivity index is 1.65. The van der Waals surface area contributed by atoms with Crippen molar-refractivity contribution in [2.45, 2.75) is 45.1 Å². The van der Waals surface area contributed by atoms with Crippen molar-refractivity contribution in [3.8, 4) is 0 Å². The summed E-state index contributed by atoms with van der Waals surface area (Å²) in [5.41, 5.74) is 1.10. The zero-order valence-electron chi connectivity index (χ0n) is 13.9. The summed E-state index contributed by atoms with van der Waals surface area (Å²) in [7, 11) is 0. The van der Waals surface area contributed by atoms with Gasteiger partial charge < -0.3 is 10.2 Å². The molecule has 1 N–H and O–H groups in total. The van der Waals surface area contributed by atoms with Crippen molar-refractivity contribution in [3.63, 3.8) is 0 Å². The second-order valence-electron chi connectivity index (χ2n) is 7.05. The predicted octanol–water partition coefficient (Wildman–Crippen LogP) is 4.03. The van der Waals surface area contributed by atoms with Gasteiger partial charge in [0.05, 0.1) is 6.04 Å². The minimum atomic E-state index is 0.160. The molecule has 0 aliphatic carbocycles. The topological polar surface area (TPSA) is 32.3 Å². The number of hydrogen-bond acceptors (Lipinski definition) is 2. The lowest BCUT2D eigenvalue weighted by molar-refractivity contribution is -0.133. The molecule has 2 fully saturated rings. The summed E-state index contributed by atoms with van der Waals surface area (Å²) < 4.78 is 0. The van der Waals surface area contributed by atoms with Crippen molar-refractivity contribution in [3.05, 3.63) is 34.9 Å². The third kappa shape index (κ3) is 3.89. The summed E-state index contributed by atoms with van der Waals surface area (Å²) in [5.74, 6) is 1.38. The fourth-order valence-electron chi connectivity index (χ4n) is 4.06. The van der Waals surface area contributed by atoms with Gasteiger partial charge in [0.1, 0.15) is 0 Å². The van der Waals surface area contributed by atoms with Crippen molar-refractivity contribution in [1.82, 2.24) is 10.2 Å². The van der Waals surface area contributed by atoms with Gasteiger partial charge in [-0.1, -0.05) is 36.7 Å².